The van der Waals surface area contributed by atoms with Gasteiger partial charge in [-0.3, -0.25) is 4.99 Å². The molecule has 0 aliphatic carbocycles. The fourth-order valence-electron chi connectivity index (χ4n) is 2.34. The lowest BCUT2D eigenvalue weighted by atomic mass is 10.2. The maximum Gasteiger partial charge on any atom is 0.205 e. The van der Waals surface area contributed by atoms with E-state index in [0.29, 0.717) is 20.6 Å². The van der Waals surface area contributed by atoms with E-state index in [4.69, 9.17) is 27.9 Å². The van der Waals surface area contributed by atoms with E-state index in [1.807, 2.05) is 11.4 Å². The second-order valence-corrected chi connectivity index (χ2v) is 6.92. The summed E-state index contributed by atoms with van der Waals surface area (Å²) >= 11 is 13.8. The zero-order valence-electron chi connectivity index (χ0n) is 14.0. The number of ether oxygens (including phenoxy) is 1. The molecule has 0 unspecified atom stereocenters. The lowest BCUT2D eigenvalue weighted by molar-refractivity contribution is 0.373. The first-order valence-corrected chi connectivity index (χ1v) is 9.17. The minimum absolute atomic E-state index is 0.0747. The van der Waals surface area contributed by atoms with Gasteiger partial charge in [0.15, 0.2) is 11.5 Å². The molecule has 0 amide bonds. The molecule has 3 aromatic rings. The molecule has 26 heavy (non-hydrogen) atoms. The Bertz CT molecular complexity index is 1040. The highest BCUT2D eigenvalue weighted by atomic mass is 35.5. The van der Waals surface area contributed by atoms with Gasteiger partial charge in [0.05, 0.1) is 24.0 Å². The third kappa shape index (κ3) is 3.77. The Kier molecular flexibility index (Phi) is 5.66. The fraction of sp³-hybridized carbons (Fsp3) is 0.111. The molecule has 1 N–H and O–H groups in total. The van der Waals surface area contributed by atoms with Gasteiger partial charge in [-0.05, 0) is 42.0 Å². The Morgan fingerprint density at radius 1 is 1.19 bits per heavy atom. The minimum atomic E-state index is 0.0747. The van der Waals surface area contributed by atoms with Crippen LogP contribution in [0.15, 0.2) is 51.9 Å². The molecule has 0 aliphatic heterocycles. The summed E-state index contributed by atoms with van der Waals surface area (Å²) in [6.07, 6.45) is 1.66. The third-order valence-electron chi connectivity index (χ3n) is 3.61. The van der Waals surface area contributed by atoms with E-state index in [9.17, 15) is 5.11 Å². The number of nitrogens with zero attached hydrogens (tertiary/aromatic N) is 3. The SMILES string of the molecule is CN=c1scc(-c2ccc(Cl)cc2Cl)n1N=Cc1ccc(O)c(OC)c1. The third-order valence-corrected chi connectivity index (χ3v) is 5.07. The minimum Gasteiger partial charge on any atom is -0.504 e. The smallest absolute Gasteiger partial charge is 0.205 e. The molecule has 0 saturated heterocycles. The van der Waals surface area contributed by atoms with Crippen molar-refractivity contribution in [2.24, 2.45) is 10.1 Å². The number of thiazole rings is 1. The highest BCUT2D eigenvalue weighted by Gasteiger charge is 2.11. The number of hydrogen-bond donors (Lipinski definition) is 1. The van der Waals surface area contributed by atoms with Gasteiger partial charge in [0, 0.05) is 23.0 Å². The van der Waals surface area contributed by atoms with Crippen molar-refractivity contribution >= 4 is 40.8 Å². The summed E-state index contributed by atoms with van der Waals surface area (Å²) < 4.78 is 6.83. The van der Waals surface area contributed by atoms with Crippen LogP contribution in [-0.4, -0.2) is 30.2 Å². The van der Waals surface area contributed by atoms with Crippen LogP contribution in [0.3, 0.4) is 0 Å². The van der Waals surface area contributed by atoms with Gasteiger partial charge >= 0.3 is 0 Å². The van der Waals surface area contributed by atoms with Crippen LogP contribution in [0.2, 0.25) is 10.0 Å². The Balaban J connectivity index is 2.06. The van der Waals surface area contributed by atoms with Gasteiger partial charge in [-0.2, -0.15) is 5.10 Å². The average Bonchev–Trinajstić information content (AvgIpc) is 3.03. The zero-order chi connectivity index (χ0) is 18.7. The number of rotatable bonds is 4. The van der Waals surface area contributed by atoms with Crippen LogP contribution in [0, 0.1) is 0 Å². The molecule has 0 fully saturated rings. The summed E-state index contributed by atoms with van der Waals surface area (Å²) in [5.41, 5.74) is 2.38. The van der Waals surface area contributed by atoms with Crippen molar-refractivity contribution in [1.29, 1.82) is 0 Å². The molecule has 8 heteroatoms. The highest BCUT2D eigenvalue weighted by molar-refractivity contribution is 7.07. The van der Waals surface area contributed by atoms with Crippen molar-refractivity contribution < 1.29 is 9.84 Å². The van der Waals surface area contributed by atoms with Gasteiger partial charge in [-0.15, -0.1) is 11.3 Å². The van der Waals surface area contributed by atoms with Crippen LogP contribution in [0.25, 0.3) is 11.3 Å². The highest BCUT2D eigenvalue weighted by Crippen LogP contribution is 2.31. The van der Waals surface area contributed by atoms with Crippen molar-refractivity contribution in [3.05, 3.63) is 62.2 Å². The normalized spacial score (nSPS) is 12.1. The molecule has 1 heterocycles. The first kappa shape index (κ1) is 18.5. The van der Waals surface area contributed by atoms with E-state index in [1.54, 1.807) is 48.3 Å². The molecule has 0 bridgehead atoms. The van der Waals surface area contributed by atoms with Crippen LogP contribution in [0.4, 0.5) is 0 Å². The predicted octanol–water partition coefficient (Wildman–Crippen LogP) is 4.65. The Labute approximate surface area is 164 Å². The summed E-state index contributed by atoms with van der Waals surface area (Å²) in [6.45, 7) is 0. The van der Waals surface area contributed by atoms with Gasteiger partial charge in [0.2, 0.25) is 4.80 Å². The van der Waals surface area contributed by atoms with Crippen LogP contribution in [0.5, 0.6) is 11.5 Å². The maximum absolute atomic E-state index is 9.70. The van der Waals surface area contributed by atoms with Crippen molar-refractivity contribution in [2.75, 3.05) is 14.2 Å². The van der Waals surface area contributed by atoms with Gasteiger partial charge in [0.25, 0.3) is 0 Å². The van der Waals surface area contributed by atoms with Gasteiger partial charge in [0.1, 0.15) is 0 Å². The molecule has 0 radical (unpaired) electrons. The average molecular weight is 408 g/mol. The molecule has 134 valence electrons. The molecule has 3 rings (SSSR count). The van der Waals surface area contributed by atoms with Gasteiger partial charge < -0.3 is 9.84 Å². The predicted molar refractivity (Wildman–Crippen MR) is 107 cm³/mol. The molecule has 0 atom stereocenters. The molecular weight excluding hydrogens is 393 g/mol. The maximum atomic E-state index is 9.70. The quantitative estimate of drug-likeness (QED) is 0.639. The first-order valence-electron chi connectivity index (χ1n) is 7.53. The molecule has 2 aromatic carbocycles. The number of aromatic hydroxyl groups is 1. The first-order chi connectivity index (χ1) is 12.5. The lowest BCUT2D eigenvalue weighted by Gasteiger charge is -2.06. The number of methoxy groups -OCH3 is 1. The Hall–Kier alpha value is -2.28. The Morgan fingerprint density at radius 2 is 2.00 bits per heavy atom. The number of aromatic nitrogens is 1. The van der Waals surface area contributed by atoms with Crippen molar-refractivity contribution in [3.63, 3.8) is 0 Å². The van der Waals surface area contributed by atoms with E-state index in [1.165, 1.54) is 18.4 Å². The monoisotopic (exact) mass is 407 g/mol. The van der Waals surface area contributed by atoms with E-state index in [2.05, 4.69) is 10.1 Å². The largest absolute Gasteiger partial charge is 0.504 e. The van der Waals surface area contributed by atoms with Crippen LogP contribution < -0.4 is 9.54 Å². The van der Waals surface area contributed by atoms with E-state index in [0.717, 1.165) is 16.8 Å². The lowest BCUT2D eigenvalue weighted by Crippen LogP contribution is -2.11. The number of hydrogen-bond acceptors (Lipinski definition) is 5. The number of phenols is 1. The van der Waals surface area contributed by atoms with Crippen molar-refractivity contribution in [3.8, 4) is 22.8 Å². The van der Waals surface area contributed by atoms with Crippen LogP contribution in [-0.2, 0) is 0 Å². The van der Waals surface area contributed by atoms with Gasteiger partial charge in [-0.1, -0.05) is 23.2 Å². The van der Waals surface area contributed by atoms with Crippen LogP contribution in [0.1, 0.15) is 5.56 Å². The van der Waals surface area contributed by atoms with Crippen molar-refractivity contribution in [1.82, 2.24) is 4.68 Å². The summed E-state index contributed by atoms with van der Waals surface area (Å²) in [6, 6.07) is 10.3. The molecule has 1 aromatic heterocycles. The molecule has 0 spiro atoms. The summed E-state index contributed by atoms with van der Waals surface area (Å²) in [7, 11) is 3.20. The number of halogens is 2. The zero-order valence-corrected chi connectivity index (χ0v) is 16.3. The molecular formula is C18H15Cl2N3O2S. The number of benzene rings is 2. The van der Waals surface area contributed by atoms with E-state index >= 15 is 0 Å². The second-order valence-electron chi connectivity index (χ2n) is 5.24. The molecule has 5 nitrogen and oxygen atoms in total. The van der Waals surface area contributed by atoms with Gasteiger partial charge in [-0.25, -0.2) is 4.68 Å². The topological polar surface area (TPSA) is 59.1 Å². The van der Waals surface area contributed by atoms with E-state index in [-0.39, 0.29) is 5.75 Å². The molecule has 0 saturated carbocycles. The van der Waals surface area contributed by atoms with Crippen LogP contribution >= 0.6 is 34.5 Å². The van der Waals surface area contributed by atoms with E-state index < -0.39 is 0 Å². The van der Waals surface area contributed by atoms with Crippen molar-refractivity contribution in [2.45, 2.75) is 0 Å². The Morgan fingerprint density at radius 3 is 2.69 bits per heavy atom. The summed E-state index contributed by atoms with van der Waals surface area (Å²) in [4.78, 5) is 4.97. The summed E-state index contributed by atoms with van der Waals surface area (Å²) in [5.74, 6) is 0.455. The number of phenolic OH excluding ortho intramolecular Hbond substituents is 1. The summed E-state index contributed by atoms with van der Waals surface area (Å²) in [5, 5.41) is 17.3. The standard InChI is InChI=1S/C18H15Cl2N3O2S/c1-21-18-23(22-9-11-3-6-16(24)17(7-11)25-2)15(10-26-18)13-5-4-12(19)8-14(13)20/h3-10,24H,1-2H3. The second kappa shape index (κ2) is 7.95. The molecule has 0 aliphatic rings. The fourth-order valence-corrected chi connectivity index (χ4v) is 3.64.